The molecule has 2 N–H and O–H groups in total. The standard InChI is InChI=1S/C11H12FNO3/c12-10-2-1-8(3-7(10)6-14)13-5-9(15)4-11(13)16/h1-3,9,14-15H,4-6H2. The first kappa shape index (κ1) is 11.0. The van der Waals surface area contributed by atoms with E-state index in [0.717, 1.165) is 0 Å². The van der Waals surface area contributed by atoms with E-state index in [1.165, 1.54) is 23.1 Å². The fraction of sp³-hybridized carbons (Fsp3) is 0.364. The van der Waals surface area contributed by atoms with Gasteiger partial charge in [0.1, 0.15) is 5.82 Å². The molecule has 0 bridgehead atoms. The number of aliphatic hydroxyl groups is 2. The predicted molar refractivity (Wildman–Crippen MR) is 55.3 cm³/mol. The molecular weight excluding hydrogens is 213 g/mol. The summed E-state index contributed by atoms with van der Waals surface area (Å²) in [7, 11) is 0. The van der Waals surface area contributed by atoms with Crippen LogP contribution >= 0.6 is 0 Å². The van der Waals surface area contributed by atoms with Gasteiger partial charge in [0, 0.05) is 11.3 Å². The number of carbonyl (C=O) groups excluding carboxylic acids is 1. The van der Waals surface area contributed by atoms with E-state index >= 15 is 0 Å². The highest BCUT2D eigenvalue weighted by molar-refractivity contribution is 5.96. The van der Waals surface area contributed by atoms with Crippen molar-refractivity contribution in [3.8, 4) is 0 Å². The Kier molecular flexibility index (Phi) is 2.89. The highest BCUT2D eigenvalue weighted by Gasteiger charge is 2.29. The van der Waals surface area contributed by atoms with Crippen LogP contribution in [0.1, 0.15) is 12.0 Å². The fourth-order valence-electron chi connectivity index (χ4n) is 1.79. The molecule has 1 atom stereocenters. The SMILES string of the molecule is O=C1CC(O)CN1c1ccc(F)c(CO)c1. The summed E-state index contributed by atoms with van der Waals surface area (Å²) in [5, 5.41) is 18.2. The van der Waals surface area contributed by atoms with Gasteiger partial charge < -0.3 is 15.1 Å². The first-order chi connectivity index (χ1) is 7.61. The van der Waals surface area contributed by atoms with Gasteiger partial charge >= 0.3 is 0 Å². The molecule has 1 aliphatic rings. The molecule has 1 fully saturated rings. The van der Waals surface area contributed by atoms with Gasteiger partial charge in [0.2, 0.25) is 5.91 Å². The molecule has 0 spiro atoms. The van der Waals surface area contributed by atoms with Crippen molar-refractivity contribution in [3.05, 3.63) is 29.6 Å². The molecule has 0 aromatic heterocycles. The molecule has 0 saturated carbocycles. The largest absolute Gasteiger partial charge is 0.392 e. The monoisotopic (exact) mass is 225 g/mol. The van der Waals surface area contributed by atoms with Gasteiger partial charge in [-0.1, -0.05) is 0 Å². The fourth-order valence-corrected chi connectivity index (χ4v) is 1.79. The molecule has 2 rings (SSSR count). The first-order valence-electron chi connectivity index (χ1n) is 4.99. The summed E-state index contributed by atoms with van der Waals surface area (Å²) in [4.78, 5) is 12.9. The Morgan fingerprint density at radius 3 is 2.81 bits per heavy atom. The van der Waals surface area contributed by atoms with Crippen molar-refractivity contribution in [3.63, 3.8) is 0 Å². The summed E-state index contributed by atoms with van der Waals surface area (Å²) in [6.07, 6.45) is -0.582. The third kappa shape index (κ3) is 1.91. The predicted octanol–water partition coefficient (Wildman–Crippen LogP) is 0.416. The van der Waals surface area contributed by atoms with E-state index in [1.807, 2.05) is 0 Å². The van der Waals surface area contributed by atoms with Crippen LogP contribution < -0.4 is 4.90 Å². The molecule has 1 saturated heterocycles. The molecule has 16 heavy (non-hydrogen) atoms. The number of halogens is 1. The van der Waals surface area contributed by atoms with Crippen LogP contribution in [0.2, 0.25) is 0 Å². The second kappa shape index (κ2) is 4.19. The lowest BCUT2D eigenvalue weighted by Gasteiger charge is -2.16. The van der Waals surface area contributed by atoms with Crippen LogP contribution in [0.25, 0.3) is 0 Å². The number of carbonyl (C=O) groups is 1. The number of amides is 1. The Bertz CT molecular complexity index is 422. The number of β-amino-alcohol motifs (C(OH)–C–C–N with tert-alkyl or cyclic N) is 1. The van der Waals surface area contributed by atoms with Gasteiger partial charge in [0.25, 0.3) is 0 Å². The number of anilines is 1. The molecule has 0 aliphatic carbocycles. The minimum Gasteiger partial charge on any atom is -0.392 e. The molecule has 1 heterocycles. The summed E-state index contributed by atoms with van der Waals surface area (Å²) in [6.45, 7) is -0.195. The molecule has 1 amide bonds. The summed E-state index contributed by atoms with van der Waals surface area (Å²) >= 11 is 0. The van der Waals surface area contributed by atoms with Crippen LogP contribution in [0.5, 0.6) is 0 Å². The minimum absolute atomic E-state index is 0.0891. The smallest absolute Gasteiger partial charge is 0.229 e. The minimum atomic E-state index is -0.671. The van der Waals surface area contributed by atoms with Crippen molar-refractivity contribution in [2.45, 2.75) is 19.1 Å². The van der Waals surface area contributed by atoms with Crippen molar-refractivity contribution in [1.82, 2.24) is 0 Å². The summed E-state index contributed by atoms with van der Waals surface area (Å²) in [5.41, 5.74) is 0.652. The van der Waals surface area contributed by atoms with Crippen molar-refractivity contribution < 1.29 is 19.4 Å². The molecule has 4 nitrogen and oxygen atoms in total. The molecule has 0 radical (unpaired) electrons. The number of benzene rings is 1. The van der Waals surface area contributed by atoms with Crippen LogP contribution in [0.15, 0.2) is 18.2 Å². The van der Waals surface area contributed by atoms with Gasteiger partial charge in [-0.05, 0) is 18.2 Å². The highest BCUT2D eigenvalue weighted by atomic mass is 19.1. The number of nitrogens with zero attached hydrogens (tertiary/aromatic N) is 1. The van der Waals surface area contributed by atoms with Gasteiger partial charge in [0.15, 0.2) is 0 Å². The van der Waals surface area contributed by atoms with E-state index in [1.54, 1.807) is 0 Å². The Morgan fingerprint density at radius 2 is 2.25 bits per heavy atom. The lowest BCUT2D eigenvalue weighted by Crippen LogP contribution is -2.25. The maximum atomic E-state index is 13.1. The topological polar surface area (TPSA) is 60.8 Å². The van der Waals surface area contributed by atoms with Crippen LogP contribution in [-0.4, -0.2) is 28.8 Å². The number of rotatable bonds is 2. The van der Waals surface area contributed by atoms with Crippen molar-refractivity contribution in [2.24, 2.45) is 0 Å². The van der Waals surface area contributed by atoms with Crippen molar-refractivity contribution >= 4 is 11.6 Å². The molecule has 5 heteroatoms. The maximum Gasteiger partial charge on any atom is 0.229 e. The van der Waals surface area contributed by atoms with Gasteiger partial charge in [-0.3, -0.25) is 4.79 Å². The van der Waals surface area contributed by atoms with Gasteiger partial charge in [-0.15, -0.1) is 0 Å². The average Bonchev–Trinajstić information content (AvgIpc) is 2.59. The molecule has 1 aliphatic heterocycles. The zero-order valence-electron chi connectivity index (χ0n) is 8.56. The number of hydrogen-bond acceptors (Lipinski definition) is 3. The van der Waals surface area contributed by atoms with E-state index in [2.05, 4.69) is 0 Å². The number of aliphatic hydroxyl groups excluding tert-OH is 2. The van der Waals surface area contributed by atoms with Crippen molar-refractivity contribution in [2.75, 3.05) is 11.4 Å². The van der Waals surface area contributed by atoms with Crippen LogP contribution in [0.4, 0.5) is 10.1 Å². The summed E-state index contributed by atoms with van der Waals surface area (Å²) < 4.78 is 13.1. The van der Waals surface area contributed by atoms with E-state index < -0.39 is 18.5 Å². The van der Waals surface area contributed by atoms with Crippen LogP contribution in [0.3, 0.4) is 0 Å². The van der Waals surface area contributed by atoms with Crippen molar-refractivity contribution in [1.29, 1.82) is 0 Å². The van der Waals surface area contributed by atoms with E-state index in [-0.39, 0.29) is 24.4 Å². The third-order valence-corrected chi connectivity index (χ3v) is 2.62. The Balaban J connectivity index is 2.30. The van der Waals surface area contributed by atoms with E-state index in [9.17, 15) is 14.3 Å². The van der Waals surface area contributed by atoms with E-state index in [0.29, 0.717) is 5.69 Å². The zero-order chi connectivity index (χ0) is 11.7. The third-order valence-electron chi connectivity index (χ3n) is 2.62. The second-order valence-corrected chi connectivity index (χ2v) is 3.80. The first-order valence-corrected chi connectivity index (χ1v) is 4.99. The quantitative estimate of drug-likeness (QED) is 0.766. The molecule has 1 aromatic carbocycles. The van der Waals surface area contributed by atoms with Gasteiger partial charge in [0.05, 0.1) is 25.7 Å². The Morgan fingerprint density at radius 1 is 1.50 bits per heavy atom. The highest BCUT2D eigenvalue weighted by Crippen LogP contribution is 2.23. The number of hydrogen-bond donors (Lipinski definition) is 2. The van der Waals surface area contributed by atoms with Crippen LogP contribution in [-0.2, 0) is 11.4 Å². The van der Waals surface area contributed by atoms with Crippen LogP contribution in [0, 0.1) is 5.82 Å². The Labute approximate surface area is 91.9 Å². The Hall–Kier alpha value is -1.46. The molecule has 86 valence electrons. The lowest BCUT2D eigenvalue weighted by molar-refractivity contribution is -0.117. The van der Waals surface area contributed by atoms with Gasteiger partial charge in [-0.2, -0.15) is 0 Å². The molecule has 1 aromatic rings. The maximum absolute atomic E-state index is 13.1. The normalized spacial score (nSPS) is 20.6. The molecule has 1 unspecified atom stereocenters. The van der Waals surface area contributed by atoms with E-state index in [4.69, 9.17) is 5.11 Å². The summed E-state index contributed by atoms with van der Waals surface area (Å²) in [6, 6.07) is 4.09. The second-order valence-electron chi connectivity index (χ2n) is 3.80. The zero-order valence-corrected chi connectivity index (χ0v) is 8.56. The molecular formula is C11H12FNO3. The van der Waals surface area contributed by atoms with Gasteiger partial charge in [-0.25, -0.2) is 4.39 Å². The summed E-state index contributed by atoms with van der Waals surface area (Å²) in [5.74, 6) is -0.693. The average molecular weight is 225 g/mol. The lowest BCUT2D eigenvalue weighted by atomic mass is 10.2.